The lowest BCUT2D eigenvalue weighted by Gasteiger charge is -2.22. The maximum atomic E-state index is 12.7. The molecule has 0 radical (unpaired) electrons. The largest absolute Gasteiger partial charge is 0.427 e. The second-order valence-corrected chi connectivity index (χ2v) is 7.05. The van der Waals surface area contributed by atoms with Crippen LogP contribution in [0.3, 0.4) is 0 Å². The second-order valence-electron chi connectivity index (χ2n) is 7.05. The highest BCUT2D eigenvalue weighted by Gasteiger charge is 2.22. The number of benzene rings is 1. The van der Waals surface area contributed by atoms with Crippen molar-refractivity contribution in [3.63, 3.8) is 0 Å². The number of fused-ring (bicyclic) bond motifs is 1. The van der Waals surface area contributed by atoms with Crippen LogP contribution in [0.15, 0.2) is 39.8 Å². The molecule has 0 bridgehead atoms. The molecule has 1 atom stereocenters. The number of carbonyl (C=O) groups excluding carboxylic acids is 1. The van der Waals surface area contributed by atoms with E-state index >= 15 is 0 Å². The predicted octanol–water partition coefficient (Wildman–Crippen LogP) is 2.55. The summed E-state index contributed by atoms with van der Waals surface area (Å²) in [4.78, 5) is 29.5. The van der Waals surface area contributed by atoms with Crippen LogP contribution in [0.2, 0.25) is 0 Å². The van der Waals surface area contributed by atoms with Crippen LogP contribution in [0.5, 0.6) is 0 Å². The quantitative estimate of drug-likeness (QED) is 0.744. The fraction of sp³-hybridized carbons (Fsp3) is 0.350. The van der Waals surface area contributed by atoms with Gasteiger partial charge < -0.3 is 19.6 Å². The predicted molar refractivity (Wildman–Crippen MR) is 103 cm³/mol. The van der Waals surface area contributed by atoms with Gasteiger partial charge in [-0.25, -0.2) is 9.78 Å². The van der Waals surface area contributed by atoms with Crippen molar-refractivity contribution in [2.24, 2.45) is 7.05 Å². The molecule has 2 N–H and O–H groups in total. The van der Waals surface area contributed by atoms with Crippen LogP contribution in [0.4, 0.5) is 5.69 Å². The summed E-state index contributed by atoms with van der Waals surface area (Å²) in [5, 5.41) is 6.11. The number of amides is 1. The molecule has 1 amide bonds. The van der Waals surface area contributed by atoms with Crippen LogP contribution in [-0.4, -0.2) is 28.5 Å². The van der Waals surface area contributed by atoms with Crippen LogP contribution < -0.4 is 16.3 Å². The van der Waals surface area contributed by atoms with E-state index in [2.05, 4.69) is 15.6 Å². The Morgan fingerprint density at radius 3 is 2.96 bits per heavy atom. The SMILES string of the molecule is Cc1cc(C2CCCNC2)oc(=O)c1C(=O)Nc1ccc2ncn(C)c2c1. The van der Waals surface area contributed by atoms with Gasteiger partial charge in [-0.05, 0) is 56.1 Å². The van der Waals surface area contributed by atoms with Crippen LogP contribution >= 0.6 is 0 Å². The summed E-state index contributed by atoms with van der Waals surface area (Å²) in [6, 6.07) is 7.25. The van der Waals surface area contributed by atoms with E-state index in [4.69, 9.17) is 4.42 Å². The number of rotatable bonds is 3. The van der Waals surface area contributed by atoms with Gasteiger partial charge in [-0.15, -0.1) is 0 Å². The summed E-state index contributed by atoms with van der Waals surface area (Å²) < 4.78 is 7.37. The van der Waals surface area contributed by atoms with Crippen molar-refractivity contribution in [1.82, 2.24) is 14.9 Å². The molecule has 7 nitrogen and oxygen atoms in total. The van der Waals surface area contributed by atoms with Gasteiger partial charge in [-0.2, -0.15) is 0 Å². The van der Waals surface area contributed by atoms with Crippen LogP contribution in [0, 0.1) is 6.92 Å². The van der Waals surface area contributed by atoms with E-state index in [1.165, 1.54) is 0 Å². The minimum atomic E-state index is -0.588. The van der Waals surface area contributed by atoms with E-state index in [1.54, 1.807) is 19.3 Å². The highest BCUT2D eigenvalue weighted by atomic mass is 16.4. The van der Waals surface area contributed by atoms with Gasteiger partial charge in [0.25, 0.3) is 5.91 Å². The fourth-order valence-corrected chi connectivity index (χ4v) is 3.60. The number of imidazole rings is 1. The van der Waals surface area contributed by atoms with Gasteiger partial charge in [0.1, 0.15) is 11.3 Å². The number of nitrogens with zero attached hydrogens (tertiary/aromatic N) is 2. The normalized spacial score (nSPS) is 17.2. The summed E-state index contributed by atoms with van der Waals surface area (Å²) in [5.41, 5.74) is 2.44. The standard InChI is InChI=1S/C20H22N4O3/c1-12-8-17(13-4-3-7-21-10-13)27-20(26)18(12)19(25)23-14-5-6-15-16(9-14)24(2)11-22-15/h5-6,8-9,11,13,21H,3-4,7,10H2,1-2H3,(H,23,25). The molecule has 1 aliphatic rings. The average Bonchev–Trinajstić information content (AvgIpc) is 3.02. The van der Waals surface area contributed by atoms with Gasteiger partial charge in [0.15, 0.2) is 0 Å². The number of hydrogen-bond donors (Lipinski definition) is 2. The molecule has 0 aliphatic carbocycles. The molecule has 27 heavy (non-hydrogen) atoms. The number of carbonyl (C=O) groups is 1. The summed E-state index contributed by atoms with van der Waals surface area (Å²) >= 11 is 0. The molecule has 1 saturated heterocycles. The van der Waals surface area contributed by atoms with Crippen LogP contribution in [-0.2, 0) is 7.05 Å². The maximum Gasteiger partial charge on any atom is 0.349 e. The molecular formula is C20H22N4O3. The monoisotopic (exact) mass is 366 g/mol. The molecule has 3 heterocycles. The number of hydrogen-bond acceptors (Lipinski definition) is 5. The summed E-state index contributed by atoms with van der Waals surface area (Å²) in [6.45, 7) is 3.55. The summed E-state index contributed by atoms with van der Waals surface area (Å²) in [6.07, 6.45) is 3.74. The molecule has 140 valence electrons. The first kappa shape index (κ1) is 17.5. The molecule has 3 aromatic rings. The zero-order chi connectivity index (χ0) is 19.0. The Morgan fingerprint density at radius 2 is 2.22 bits per heavy atom. The van der Waals surface area contributed by atoms with Crippen LogP contribution in [0.1, 0.15) is 40.4 Å². The fourth-order valence-electron chi connectivity index (χ4n) is 3.60. The Balaban J connectivity index is 1.60. The van der Waals surface area contributed by atoms with Crippen molar-refractivity contribution in [2.45, 2.75) is 25.7 Å². The third kappa shape index (κ3) is 3.38. The van der Waals surface area contributed by atoms with Gasteiger partial charge in [-0.3, -0.25) is 4.79 Å². The summed E-state index contributed by atoms with van der Waals surface area (Å²) in [5.74, 6) is 0.364. The summed E-state index contributed by atoms with van der Waals surface area (Å²) in [7, 11) is 1.89. The van der Waals surface area contributed by atoms with E-state index in [-0.39, 0.29) is 11.5 Å². The van der Waals surface area contributed by atoms with Crippen molar-refractivity contribution < 1.29 is 9.21 Å². The molecule has 1 aromatic carbocycles. The maximum absolute atomic E-state index is 12.7. The molecule has 2 aromatic heterocycles. The molecular weight excluding hydrogens is 344 g/mol. The van der Waals surface area contributed by atoms with E-state index in [9.17, 15) is 9.59 Å². The Bertz CT molecular complexity index is 1060. The average molecular weight is 366 g/mol. The third-order valence-corrected chi connectivity index (χ3v) is 5.08. The second kappa shape index (κ2) is 7.00. The van der Waals surface area contributed by atoms with Gasteiger partial charge >= 0.3 is 5.63 Å². The number of anilines is 1. The van der Waals surface area contributed by atoms with Gasteiger partial charge in [0.2, 0.25) is 0 Å². The Morgan fingerprint density at radius 1 is 1.37 bits per heavy atom. The molecule has 4 rings (SSSR count). The Hall–Kier alpha value is -2.93. The Labute approximate surface area is 156 Å². The highest BCUT2D eigenvalue weighted by molar-refractivity contribution is 6.05. The molecule has 1 aliphatic heterocycles. The lowest BCUT2D eigenvalue weighted by Crippen LogP contribution is -2.30. The first-order chi connectivity index (χ1) is 13.0. The van der Waals surface area contributed by atoms with Gasteiger partial charge in [0.05, 0.1) is 17.4 Å². The van der Waals surface area contributed by atoms with Crippen molar-refractivity contribution in [3.05, 3.63) is 57.9 Å². The lowest BCUT2D eigenvalue weighted by molar-refractivity contribution is 0.102. The topological polar surface area (TPSA) is 89.2 Å². The Kier molecular flexibility index (Phi) is 4.53. The number of aryl methyl sites for hydroxylation is 2. The molecule has 1 fully saturated rings. The first-order valence-electron chi connectivity index (χ1n) is 9.10. The van der Waals surface area contributed by atoms with Gasteiger partial charge in [-0.1, -0.05) is 0 Å². The van der Waals surface area contributed by atoms with E-state index < -0.39 is 11.5 Å². The van der Waals surface area contributed by atoms with E-state index in [0.717, 1.165) is 37.0 Å². The van der Waals surface area contributed by atoms with Crippen molar-refractivity contribution in [3.8, 4) is 0 Å². The molecule has 7 heteroatoms. The number of piperidine rings is 1. The van der Waals surface area contributed by atoms with Crippen LogP contribution in [0.25, 0.3) is 11.0 Å². The zero-order valence-corrected chi connectivity index (χ0v) is 15.4. The van der Waals surface area contributed by atoms with Crippen molar-refractivity contribution in [1.29, 1.82) is 0 Å². The zero-order valence-electron chi connectivity index (χ0n) is 15.4. The minimum absolute atomic E-state index is 0.0487. The third-order valence-electron chi connectivity index (χ3n) is 5.08. The number of nitrogens with one attached hydrogen (secondary N) is 2. The van der Waals surface area contributed by atoms with E-state index in [1.807, 2.05) is 29.8 Å². The molecule has 0 saturated carbocycles. The molecule has 0 spiro atoms. The van der Waals surface area contributed by atoms with Crippen molar-refractivity contribution >= 4 is 22.6 Å². The molecule has 1 unspecified atom stereocenters. The first-order valence-corrected chi connectivity index (χ1v) is 9.10. The van der Waals surface area contributed by atoms with E-state index in [0.29, 0.717) is 17.0 Å². The minimum Gasteiger partial charge on any atom is -0.427 e. The van der Waals surface area contributed by atoms with Crippen molar-refractivity contribution in [2.75, 3.05) is 18.4 Å². The van der Waals surface area contributed by atoms with Gasteiger partial charge in [0, 0.05) is 25.2 Å². The highest BCUT2D eigenvalue weighted by Crippen LogP contribution is 2.24. The lowest BCUT2D eigenvalue weighted by atomic mass is 9.95. The number of aromatic nitrogens is 2. The smallest absolute Gasteiger partial charge is 0.349 e.